The van der Waals surface area contributed by atoms with Crippen LogP contribution in [-0.2, 0) is 9.53 Å². The third-order valence-electron chi connectivity index (χ3n) is 2.62. The van der Waals surface area contributed by atoms with Crippen LogP contribution in [0.1, 0.15) is 19.3 Å². The molecule has 14 heavy (non-hydrogen) atoms. The van der Waals surface area contributed by atoms with Gasteiger partial charge in [0.15, 0.2) is 0 Å². The molecule has 1 amide bonds. The van der Waals surface area contributed by atoms with E-state index in [2.05, 4.69) is 0 Å². The normalized spacial score (nSPS) is 30.1. The van der Waals surface area contributed by atoms with Gasteiger partial charge >= 0.3 is 0 Å². The van der Waals surface area contributed by atoms with E-state index < -0.39 is 19.0 Å². The highest BCUT2D eigenvalue weighted by Gasteiger charge is 2.46. The number of hydrogen-bond donors (Lipinski definition) is 0. The third-order valence-corrected chi connectivity index (χ3v) is 2.62. The van der Waals surface area contributed by atoms with Gasteiger partial charge in [0.2, 0.25) is 5.91 Å². The first-order valence-electron chi connectivity index (χ1n) is 4.84. The largest absolute Gasteiger partial charge is 0.378 e. The summed E-state index contributed by atoms with van der Waals surface area (Å²) in [7, 11) is 0. The lowest BCUT2D eigenvalue weighted by Gasteiger charge is -2.39. The molecule has 1 atom stereocenters. The van der Waals surface area contributed by atoms with Crippen molar-refractivity contribution in [2.75, 3.05) is 19.7 Å². The molecule has 0 saturated carbocycles. The van der Waals surface area contributed by atoms with Crippen molar-refractivity contribution in [3.8, 4) is 0 Å². The van der Waals surface area contributed by atoms with Gasteiger partial charge < -0.3 is 9.64 Å². The van der Waals surface area contributed by atoms with Crippen molar-refractivity contribution < 1.29 is 18.3 Å². The molecule has 2 heterocycles. The minimum atomic E-state index is -2.66. The fraction of sp³-hybridized carbons (Fsp3) is 0.889. The van der Waals surface area contributed by atoms with E-state index >= 15 is 0 Å². The number of halogens is 2. The molecule has 0 spiro atoms. The molecule has 3 nitrogen and oxygen atoms in total. The Bertz CT molecular complexity index is 231. The minimum absolute atomic E-state index is 0.0447. The summed E-state index contributed by atoms with van der Waals surface area (Å²) in [6.45, 7) is -0.148. The van der Waals surface area contributed by atoms with E-state index in [-0.39, 0.29) is 18.4 Å². The highest BCUT2D eigenvalue weighted by molar-refractivity contribution is 5.77. The molecule has 2 fully saturated rings. The van der Waals surface area contributed by atoms with Crippen LogP contribution >= 0.6 is 0 Å². The van der Waals surface area contributed by atoms with Crippen LogP contribution in [0.3, 0.4) is 0 Å². The predicted octanol–water partition coefficient (Wildman–Crippen LogP) is 1.03. The predicted molar refractivity (Wildman–Crippen MR) is 45.1 cm³/mol. The third kappa shape index (κ3) is 2.03. The maximum atomic E-state index is 12.4. The second-order valence-corrected chi connectivity index (χ2v) is 3.94. The average molecular weight is 205 g/mol. The zero-order valence-corrected chi connectivity index (χ0v) is 7.84. The molecule has 0 radical (unpaired) electrons. The van der Waals surface area contributed by atoms with Crippen LogP contribution in [-0.4, -0.2) is 42.5 Å². The molecule has 2 saturated heterocycles. The molecular weight excluding hydrogens is 192 g/mol. The van der Waals surface area contributed by atoms with Crippen LogP contribution in [0.2, 0.25) is 0 Å². The molecule has 0 aromatic heterocycles. The van der Waals surface area contributed by atoms with Crippen LogP contribution in [0.15, 0.2) is 0 Å². The van der Waals surface area contributed by atoms with Crippen LogP contribution in [0.5, 0.6) is 0 Å². The highest BCUT2D eigenvalue weighted by Crippen LogP contribution is 2.28. The topological polar surface area (TPSA) is 29.5 Å². The summed E-state index contributed by atoms with van der Waals surface area (Å²) in [5.74, 6) is -2.87. The first-order chi connectivity index (χ1) is 6.57. The van der Waals surface area contributed by atoms with Crippen molar-refractivity contribution in [3.05, 3.63) is 0 Å². The molecule has 0 bridgehead atoms. The summed E-state index contributed by atoms with van der Waals surface area (Å²) in [6.07, 6.45) is 2.05. The summed E-state index contributed by atoms with van der Waals surface area (Å²) in [5.41, 5.74) is 0. The van der Waals surface area contributed by atoms with Crippen molar-refractivity contribution >= 4 is 5.91 Å². The van der Waals surface area contributed by atoms with Gasteiger partial charge in [0.05, 0.1) is 25.6 Å². The highest BCUT2D eigenvalue weighted by atomic mass is 19.3. The second-order valence-electron chi connectivity index (χ2n) is 3.94. The standard InChI is InChI=1S/C9H13F2NO2/c10-9(11)5-12(6-9)8(13)4-7-2-1-3-14-7/h7H,1-6H2. The molecule has 80 valence electrons. The SMILES string of the molecule is O=C(CC1CCCO1)N1CC(F)(F)C1. The number of alkyl halides is 2. The summed E-state index contributed by atoms with van der Waals surface area (Å²) in [6, 6.07) is 0. The number of likely N-dealkylation sites (tertiary alicyclic amines) is 1. The Morgan fingerprint density at radius 3 is 2.71 bits per heavy atom. The van der Waals surface area contributed by atoms with Gasteiger partial charge in [0.1, 0.15) is 0 Å². The summed E-state index contributed by atoms with van der Waals surface area (Å²) >= 11 is 0. The lowest BCUT2D eigenvalue weighted by Crippen LogP contribution is -2.58. The minimum Gasteiger partial charge on any atom is -0.378 e. The van der Waals surface area contributed by atoms with E-state index in [0.29, 0.717) is 6.61 Å². The summed E-state index contributed by atoms with van der Waals surface area (Å²) in [5, 5.41) is 0. The van der Waals surface area contributed by atoms with E-state index in [1.165, 1.54) is 4.90 Å². The Hall–Kier alpha value is -0.710. The molecule has 0 aromatic carbocycles. The molecule has 0 N–H and O–H groups in total. The van der Waals surface area contributed by atoms with Crippen LogP contribution in [0.25, 0.3) is 0 Å². The number of amides is 1. The average Bonchev–Trinajstić information content (AvgIpc) is 2.52. The number of nitrogens with zero attached hydrogens (tertiary/aromatic N) is 1. The zero-order chi connectivity index (χ0) is 10.2. The van der Waals surface area contributed by atoms with Gasteiger partial charge in [-0.2, -0.15) is 0 Å². The number of carbonyl (C=O) groups excluding carboxylic acids is 1. The smallest absolute Gasteiger partial charge is 0.282 e. The van der Waals surface area contributed by atoms with Crippen molar-refractivity contribution in [3.63, 3.8) is 0 Å². The van der Waals surface area contributed by atoms with Crippen LogP contribution in [0, 0.1) is 0 Å². The Morgan fingerprint density at radius 1 is 1.50 bits per heavy atom. The summed E-state index contributed by atoms with van der Waals surface area (Å²) < 4.78 is 30.1. The van der Waals surface area contributed by atoms with Gasteiger partial charge in [-0.25, -0.2) is 8.78 Å². The van der Waals surface area contributed by atoms with Crippen molar-refractivity contribution in [1.82, 2.24) is 4.90 Å². The monoisotopic (exact) mass is 205 g/mol. The van der Waals surface area contributed by atoms with E-state index in [4.69, 9.17) is 4.74 Å². The van der Waals surface area contributed by atoms with E-state index in [1.54, 1.807) is 0 Å². The Labute approximate surface area is 81.0 Å². The van der Waals surface area contributed by atoms with Gasteiger partial charge in [0, 0.05) is 6.61 Å². The Kier molecular flexibility index (Phi) is 2.43. The number of ether oxygens (including phenoxy) is 1. The second kappa shape index (κ2) is 3.46. The maximum Gasteiger partial charge on any atom is 0.282 e. The van der Waals surface area contributed by atoms with Crippen molar-refractivity contribution in [1.29, 1.82) is 0 Å². The zero-order valence-electron chi connectivity index (χ0n) is 7.84. The molecule has 0 aliphatic carbocycles. The quantitative estimate of drug-likeness (QED) is 0.674. The maximum absolute atomic E-state index is 12.4. The van der Waals surface area contributed by atoms with Crippen molar-refractivity contribution in [2.24, 2.45) is 0 Å². The molecule has 2 aliphatic heterocycles. The van der Waals surface area contributed by atoms with Crippen LogP contribution < -0.4 is 0 Å². The van der Waals surface area contributed by atoms with Gasteiger partial charge in [-0.05, 0) is 12.8 Å². The van der Waals surface area contributed by atoms with Gasteiger partial charge in [-0.3, -0.25) is 4.79 Å². The lowest BCUT2D eigenvalue weighted by atomic mass is 10.1. The number of hydrogen-bond acceptors (Lipinski definition) is 2. The van der Waals surface area contributed by atoms with E-state index in [1.807, 2.05) is 0 Å². The van der Waals surface area contributed by atoms with Gasteiger partial charge in [-0.1, -0.05) is 0 Å². The van der Waals surface area contributed by atoms with E-state index in [0.717, 1.165) is 12.8 Å². The first-order valence-corrected chi connectivity index (χ1v) is 4.84. The first kappa shape index (κ1) is 9.83. The van der Waals surface area contributed by atoms with Crippen LogP contribution in [0.4, 0.5) is 8.78 Å². The fourth-order valence-electron chi connectivity index (χ4n) is 1.82. The van der Waals surface area contributed by atoms with Crippen molar-refractivity contribution in [2.45, 2.75) is 31.3 Å². The number of rotatable bonds is 2. The molecular formula is C9H13F2NO2. The molecule has 0 aromatic rings. The fourth-order valence-corrected chi connectivity index (χ4v) is 1.82. The summed E-state index contributed by atoms with van der Waals surface area (Å²) in [4.78, 5) is 12.6. The van der Waals surface area contributed by atoms with E-state index in [9.17, 15) is 13.6 Å². The molecule has 2 rings (SSSR count). The van der Waals surface area contributed by atoms with Gasteiger partial charge in [0.25, 0.3) is 5.92 Å². The Morgan fingerprint density at radius 2 is 2.21 bits per heavy atom. The molecule has 5 heteroatoms. The Balaban J connectivity index is 1.74. The molecule has 2 aliphatic rings. The lowest BCUT2D eigenvalue weighted by molar-refractivity contribution is -0.167. The molecule has 1 unspecified atom stereocenters. The number of carbonyl (C=O) groups is 1. The van der Waals surface area contributed by atoms with Gasteiger partial charge in [-0.15, -0.1) is 0 Å².